The molecule has 0 bridgehead atoms. The summed E-state index contributed by atoms with van der Waals surface area (Å²) in [6.07, 6.45) is 4.88. The summed E-state index contributed by atoms with van der Waals surface area (Å²) in [4.78, 5) is 0. The van der Waals surface area contributed by atoms with Crippen LogP contribution in [0.5, 0.6) is 5.75 Å². The molecule has 0 aliphatic heterocycles. The first-order valence-corrected chi connectivity index (χ1v) is 8.42. The van der Waals surface area contributed by atoms with Crippen LogP contribution < -0.4 is 4.74 Å². The fourth-order valence-electron chi connectivity index (χ4n) is 3.18. The maximum Gasteiger partial charge on any atom is 0.254 e. The number of hydrogen-bond acceptors (Lipinski definition) is 4. The molecule has 4 heteroatoms. The zero-order chi connectivity index (χ0) is 16.4. The molecule has 1 aromatic heterocycles. The number of rotatable bonds is 4. The molecular formula is C20H20N2O2. The van der Waals surface area contributed by atoms with E-state index in [1.54, 1.807) is 0 Å². The van der Waals surface area contributed by atoms with E-state index in [0.717, 1.165) is 23.3 Å². The van der Waals surface area contributed by atoms with Crippen molar-refractivity contribution in [1.82, 2.24) is 10.2 Å². The van der Waals surface area contributed by atoms with Crippen LogP contribution in [0, 0.1) is 6.92 Å². The third-order valence-electron chi connectivity index (χ3n) is 4.52. The van der Waals surface area contributed by atoms with Crippen molar-refractivity contribution in [3.63, 3.8) is 0 Å². The van der Waals surface area contributed by atoms with E-state index in [2.05, 4.69) is 22.3 Å². The highest BCUT2D eigenvalue weighted by molar-refractivity contribution is 5.57. The van der Waals surface area contributed by atoms with Gasteiger partial charge in [-0.1, -0.05) is 24.3 Å². The van der Waals surface area contributed by atoms with E-state index in [9.17, 15) is 0 Å². The molecule has 24 heavy (non-hydrogen) atoms. The first-order chi connectivity index (χ1) is 11.8. The van der Waals surface area contributed by atoms with E-state index < -0.39 is 0 Å². The fraction of sp³-hybridized carbons (Fsp3) is 0.300. The minimum absolute atomic E-state index is 0.289. The minimum atomic E-state index is 0.289. The van der Waals surface area contributed by atoms with Crippen molar-refractivity contribution in [2.45, 2.75) is 39.2 Å². The number of aromatic nitrogens is 2. The Balaban J connectivity index is 1.46. The Morgan fingerprint density at radius 3 is 2.71 bits per heavy atom. The molecule has 2 aromatic carbocycles. The molecule has 4 nitrogen and oxygen atoms in total. The third-order valence-corrected chi connectivity index (χ3v) is 4.52. The summed E-state index contributed by atoms with van der Waals surface area (Å²) in [6, 6.07) is 14.3. The molecule has 3 aromatic rings. The van der Waals surface area contributed by atoms with Crippen LogP contribution >= 0.6 is 0 Å². The van der Waals surface area contributed by atoms with Gasteiger partial charge < -0.3 is 9.15 Å². The van der Waals surface area contributed by atoms with Gasteiger partial charge in [-0.15, -0.1) is 10.2 Å². The van der Waals surface area contributed by atoms with Gasteiger partial charge >= 0.3 is 0 Å². The lowest BCUT2D eigenvalue weighted by atomic mass is 9.92. The van der Waals surface area contributed by atoms with Crippen LogP contribution in [0.15, 0.2) is 46.9 Å². The zero-order valence-electron chi connectivity index (χ0n) is 13.8. The van der Waals surface area contributed by atoms with Crippen molar-refractivity contribution in [1.29, 1.82) is 0 Å². The van der Waals surface area contributed by atoms with E-state index in [1.807, 2.05) is 37.3 Å². The van der Waals surface area contributed by atoms with Gasteiger partial charge in [-0.05, 0) is 67.5 Å². The highest BCUT2D eigenvalue weighted by atomic mass is 16.5. The van der Waals surface area contributed by atoms with Gasteiger partial charge in [0.25, 0.3) is 5.89 Å². The summed E-state index contributed by atoms with van der Waals surface area (Å²) in [5, 5.41) is 8.23. The van der Waals surface area contributed by atoms with Crippen molar-refractivity contribution in [2.75, 3.05) is 0 Å². The van der Waals surface area contributed by atoms with Gasteiger partial charge in [0.15, 0.2) is 6.61 Å². The smallest absolute Gasteiger partial charge is 0.254 e. The molecule has 0 N–H and O–H groups in total. The van der Waals surface area contributed by atoms with Crippen LogP contribution in [0.4, 0.5) is 0 Å². The number of aryl methyl sites for hydroxylation is 3. The summed E-state index contributed by atoms with van der Waals surface area (Å²) < 4.78 is 11.6. The van der Waals surface area contributed by atoms with Crippen LogP contribution in [0.3, 0.4) is 0 Å². The maximum absolute atomic E-state index is 5.84. The fourth-order valence-corrected chi connectivity index (χ4v) is 3.18. The normalized spacial score (nSPS) is 13.5. The standard InChI is InChI=1S/C20H20N2O2/c1-14-6-2-5-9-18(14)20-22-21-19(24-20)13-23-17-11-10-15-7-3-4-8-16(15)12-17/h2,5-6,9-12H,3-4,7-8,13H2,1H3. The predicted molar refractivity (Wildman–Crippen MR) is 91.9 cm³/mol. The Labute approximate surface area is 141 Å². The van der Waals surface area contributed by atoms with Crippen LogP contribution in [0.25, 0.3) is 11.5 Å². The lowest BCUT2D eigenvalue weighted by Crippen LogP contribution is -2.03. The molecule has 0 fully saturated rings. The summed E-state index contributed by atoms with van der Waals surface area (Å²) in [6.45, 7) is 2.32. The molecule has 1 aliphatic rings. The second kappa shape index (κ2) is 6.48. The first kappa shape index (κ1) is 14.9. The SMILES string of the molecule is Cc1ccccc1-c1nnc(COc2ccc3c(c2)CCCC3)o1. The van der Waals surface area contributed by atoms with Crippen molar-refractivity contribution in [3.8, 4) is 17.2 Å². The van der Waals surface area contributed by atoms with E-state index in [4.69, 9.17) is 9.15 Å². The molecule has 0 saturated carbocycles. The highest BCUT2D eigenvalue weighted by Crippen LogP contribution is 2.26. The van der Waals surface area contributed by atoms with Gasteiger partial charge in [0.05, 0.1) is 0 Å². The minimum Gasteiger partial charge on any atom is -0.484 e. The van der Waals surface area contributed by atoms with Gasteiger partial charge in [0.2, 0.25) is 5.89 Å². The molecule has 0 amide bonds. The van der Waals surface area contributed by atoms with Crippen molar-refractivity contribution < 1.29 is 9.15 Å². The quantitative estimate of drug-likeness (QED) is 0.710. The van der Waals surface area contributed by atoms with Gasteiger partial charge in [-0.2, -0.15) is 0 Å². The number of fused-ring (bicyclic) bond motifs is 1. The molecule has 1 heterocycles. The van der Waals surface area contributed by atoms with Gasteiger partial charge in [-0.25, -0.2) is 0 Å². The monoisotopic (exact) mass is 320 g/mol. The summed E-state index contributed by atoms with van der Waals surface area (Å²) in [7, 11) is 0. The number of hydrogen-bond donors (Lipinski definition) is 0. The number of benzene rings is 2. The predicted octanol–water partition coefficient (Wildman–Crippen LogP) is 4.50. The van der Waals surface area contributed by atoms with E-state index in [1.165, 1.54) is 30.4 Å². The van der Waals surface area contributed by atoms with E-state index in [-0.39, 0.29) is 6.61 Å². The molecular weight excluding hydrogens is 300 g/mol. The Bertz CT molecular complexity index is 854. The Kier molecular flexibility index (Phi) is 4.03. The summed E-state index contributed by atoms with van der Waals surface area (Å²) >= 11 is 0. The van der Waals surface area contributed by atoms with E-state index >= 15 is 0 Å². The molecule has 0 unspecified atom stereocenters. The second-order valence-corrected chi connectivity index (χ2v) is 6.24. The van der Waals surface area contributed by atoms with Crippen LogP contribution in [-0.4, -0.2) is 10.2 Å². The third kappa shape index (κ3) is 3.04. The Morgan fingerprint density at radius 1 is 1.00 bits per heavy atom. The Morgan fingerprint density at radius 2 is 1.83 bits per heavy atom. The lowest BCUT2D eigenvalue weighted by molar-refractivity contribution is 0.264. The van der Waals surface area contributed by atoms with E-state index in [0.29, 0.717) is 11.8 Å². The van der Waals surface area contributed by atoms with Crippen molar-refractivity contribution in [3.05, 3.63) is 65.0 Å². The maximum atomic E-state index is 5.84. The Hall–Kier alpha value is -2.62. The van der Waals surface area contributed by atoms with Crippen LogP contribution in [0.1, 0.15) is 35.4 Å². The first-order valence-electron chi connectivity index (χ1n) is 8.42. The zero-order valence-corrected chi connectivity index (χ0v) is 13.8. The van der Waals surface area contributed by atoms with Crippen LogP contribution in [0.2, 0.25) is 0 Å². The molecule has 0 saturated heterocycles. The number of nitrogens with zero attached hydrogens (tertiary/aromatic N) is 2. The summed E-state index contributed by atoms with van der Waals surface area (Å²) in [5.41, 5.74) is 4.94. The molecule has 4 rings (SSSR count). The summed E-state index contributed by atoms with van der Waals surface area (Å²) in [5.74, 6) is 1.90. The van der Waals surface area contributed by atoms with Crippen LogP contribution in [-0.2, 0) is 19.4 Å². The molecule has 122 valence electrons. The topological polar surface area (TPSA) is 48.2 Å². The van der Waals surface area contributed by atoms with Crippen molar-refractivity contribution >= 4 is 0 Å². The lowest BCUT2D eigenvalue weighted by Gasteiger charge is -2.16. The number of ether oxygens (including phenoxy) is 1. The second-order valence-electron chi connectivity index (χ2n) is 6.24. The molecule has 0 radical (unpaired) electrons. The van der Waals surface area contributed by atoms with Gasteiger partial charge in [0.1, 0.15) is 5.75 Å². The van der Waals surface area contributed by atoms with Gasteiger partial charge in [0, 0.05) is 5.56 Å². The molecule has 0 atom stereocenters. The van der Waals surface area contributed by atoms with Gasteiger partial charge in [-0.3, -0.25) is 0 Å². The average Bonchev–Trinajstić information content (AvgIpc) is 3.09. The average molecular weight is 320 g/mol. The molecule has 1 aliphatic carbocycles. The van der Waals surface area contributed by atoms with Crippen molar-refractivity contribution in [2.24, 2.45) is 0 Å². The highest BCUT2D eigenvalue weighted by Gasteiger charge is 2.12. The largest absolute Gasteiger partial charge is 0.484 e. The molecule has 0 spiro atoms.